The van der Waals surface area contributed by atoms with Crippen molar-refractivity contribution in [3.8, 4) is 11.5 Å². The molecule has 0 saturated heterocycles. The number of methoxy groups -OCH3 is 2. The Morgan fingerprint density at radius 2 is 1.82 bits per heavy atom. The SMILES string of the molecule is COc1ccc(Cn2ccc3nc(C)c(C(=O)Nc4ccc(OC)c(Cl)c4)cc3c2=O)cc1. The van der Waals surface area contributed by atoms with Gasteiger partial charge in [-0.2, -0.15) is 0 Å². The van der Waals surface area contributed by atoms with Crippen molar-refractivity contribution in [3.05, 3.63) is 93.0 Å². The maximum atomic E-state index is 13.2. The summed E-state index contributed by atoms with van der Waals surface area (Å²) >= 11 is 6.15. The van der Waals surface area contributed by atoms with Crippen LogP contribution >= 0.6 is 11.6 Å². The summed E-state index contributed by atoms with van der Waals surface area (Å²) in [5, 5.41) is 3.55. The van der Waals surface area contributed by atoms with Crippen molar-refractivity contribution in [2.75, 3.05) is 19.5 Å². The van der Waals surface area contributed by atoms with E-state index in [0.717, 1.165) is 11.3 Å². The second-order valence-electron chi connectivity index (χ2n) is 7.45. The third kappa shape index (κ3) is 4.68. The van der Waals surface area contributed by atoms with E-state index in [-0.39, 0.29) is 11.5 Å². The van der Waals surface area contributed by atoms with Crippen molar-refractivity contribution < 1.29 is 14.3 Å². The van der Waals surface area contributed by atoms with Crippen LogP contribution in [0.1, 0.15) is 21.6 Å². The molecule has 7 nitrogen and oxygen atoms in total. The highest BCUT2D eigenvalue weighted by Crippen LogP contribution is 2.27. The number of nitrogens with zero attached hydrogens (tertiary/aromatic N) is 2. The first-order valence-corrected chi connectivity index (χ1v) is 10.6. The average molecular weight is 464 g/mol. The number of pyridine rings is 2. The van der Waals surface area contributed by atoms with Crippen molar-refractivity contribution in [1.82, 2.24) is 9.55 Å². The molecule has 2 aromatic carbocycles. The summed E-state index contributed by atoms with van der Waals surface area (Å²) < 4.78 is 11.9. The molecule has 0 aliphatic rings. The molecule has 4 rings (SSSR count). The first-order chi connectivity index (χ1) is 15.9. The van der Waals surface area contributed by atoms with Crippen molar-refractivity contribution in [2.45, 2.75) is 13.5 Å². The summed E-state index contributed by atoms with van der Waals surface area (Å²) in [7, 11) is 3.12. The Labute approximate surface area is 195 Å². The number of nitrogens with one attached hydrogen (secondary N) is 1. The highest BCUT2D eigenvalue weighted by Gasteiger charge is 2.15. The van der Waals surface area contributed by atoms with E-state index in [1.165, 1.54) is 7.11 Å². The van der Waals surface area contributed by atoms with Crippen LogP contribution in [-0.2, 0) is 6.54 Å². The van der Waals surface area contributed by atoms with Crippen LogP contribution in [0.15, 0.2) is 65.6 Å². The number of halogens is 1. The second-order valence-corrected chi connectivity index (χ2v) is 7.86. The minimum atomic E-state index is -0.381. The molecule has 1 amide bonds. The zero-order chi connectivity index (χ0) is 23.5. The van der Waals surface area contributed by atoms with Gasteiger partial charge in [0, 0.05) is 11.9 Å². The van der Waals surface area contributed by atoms with Crippen LogP contribution in [0, 0.1) is 6.92 Å². The number of ether oxygens (including phenoxy) is 2. The summed E-state index contributed by atoms with van der Waals surface area (Å²) in [5.74, 6) is 0.877. The van der Waals surface area contributed by atoms with Crippen LogP contribution in [0.4, 0.5) is 5.69 Å². The fourth-order valence-corrected chi connectivity index (χ4v) is 3.79. The van der Waals surface area contributed by atoms with Crippen molar-refractivity contribution >= 4 is 34.1 Å². The lowest BCUT2D eigenvalue weighted by atomic mass is 10.1. The van der Waals surface area contributed by atoms with E-state index < -0.39 is 0 Å². The fraction of sp³-hybridized carbons (Fsp3) is 0.160. The van der Waals surface area contributed by atoms with E-state index in [4.69, 9.17) is 21.1 Å². The molecule has 1 N–H and O–H groups in total. The second kappa shape index (κ2) is 9.34. The quantitative estimate of drug-likeness (QED) is 0.449. The number of anilines is 1. The van der Waals surface area contributed by atoms with E-state index in [1.54, 1.807) is 55.1 Å². The number of amides is 1. The largest absolute Gasteiger partial charge is 0.497 e. The molecule has 33 heavy (non-hydrogen) atoms. The van der Waals surface area contributed by atoms with Gasteiger partial charge in [-0.15, -0.1) is 0 Å². The molecular weight excluding hydrogens is 442 g/mol. The zero-order valence-corrected chi connectivity index (χ0v) is 19.1. The fourth-order valence-electron chi connectivity index (χ4n) is 3.53. The highest BCUT2D eigenvalue weighted by molar-refractivity contribution is 6.32. The molecule has 0 fully saturated rings. The van der Waals surface area contributed by atoms with E-state index in [1.807, 2.05) is 24.3 Å². The van der Waals surface area contributed by atoms with Crippen molar-refractivity contribution in [2.24, 2.45) is 0 Å². The number of rotatable bonds is 6. The zero-order valence-electron chi connectivity index (χ0n) is 18.4. The van der Waals surface area contributed by atoms with E-state index in [0.29, 0.717) is 45.2 Å². The highest BCUT2D eigenvalue weighted by atomic mass is 35.5. The number of aryl methyl sites for hydroxylation is 1. The Hall–Kier alpha value is -3.84. The number of carbonyl (C=O) groups excluding carboxylic acids is 1. The van der Waals surface area contributed by atoms with Gasteiger partial charge in [-0.3, -0.25) is 14.6 Å². The van der Waals surface area contributed by atoms with E-state index in [9.17, 15) is 9.59 Å². The molecule has 168 valence electrons. The van der Waals surface area contributed by atoms with Gasteiger partial charge in [0.25, 0.3) is 11.5 Å². The number of benzene rings is 2. The lowest BCUT2D eigenvalue weighted by Crippen LogP contribution is -2.22. The normalized spacial score (nSPS) is 10.8. The van der Waals surface area contributed by atoms with Crippen LogP contribution in [0.5, 0.6) is 11.5 Å². The van der Waals surface area contributed by atoms with Crippen LogP contribution in [0.25, 0.3) is 10.9 Å². The summed E-state index contributed by atoms with van der Waals surface area (Å²) in [6.45, 7) is 2.12. The molecule has 2 heterocycles. The van der Waals surface area contributed by atoms with E-state index in [2.05, 4.69) is 10.3 Å². The number of hydrogen-bond donors (Lipinski definition) is 1. The summed E-state index contributed by atoms with van der Waals surface area (Å²) in [4.78, 5) is 30.6. The Morgan fingerprint density at radius 3 is 2.48 bits per heavy atom. The molecule has 2 aromatic heterocycles. The Kier molecular flexibility index (Phi) is 6.33. The predicted octanol–water partition coefficient (Wildman–Crippen LogP) is 4.68. The molecular formula is C25H22ClN3O4. The van der Waals surface area contributed by atoms with Gasteiger partial charge in [-0.05, 0) is 55.0 Å². The molecule has 0 spiro atoms. The topological polar surface area (TPSA) is 82.5 Å². The van der Waals surface area contributed by atoms with Gasteiger partial charge in [0.1, 0.15) is 11.5 Å². The summed E-state index contributed by atoms with van der Waals surface area (Å²) in [6.07, 6.45) is 1.71. The first-order valence-electron chi connectivity index (χ1n) is 10.2. The van der Waals surface area contributed by atoms with Gasteiger partial charge in [0.05, 0.1) is 47.9 Å². The van der Waals surface area contributed by atoms with Crippen LogP contribution in [-0.4, -0.2) is 29.7 Å². The van der Waals surface area contributed by atoms with Gasteiger partial charge in [-0.25, -0.2) is 0 Å². The third-order valence-corrected chi connectivity index (χ3v) is 5.61. The summed E-state index contributed by atoms with van der Waals surface area (Å²) in [6, 6.07) is 15.8. The molecule has 0 unspecified atom stereocenters. The van der Waals surface area contributed by atoms with Gasteiger partial charge in [0.15, 0.2) is 0 Å². The maximum absolute atomic E-state index is 13.2. The van der Waals surface area contributed by atoms with Crippen LogP contribution in [0.2, 0.25) is 5.02 Å². The number of aromatic nitrogens is 2. The van der Waals surface area contributed by atoms with Gasteiger partial charge < -0.3 is 19.4 Å². The van der Waals surface area contributed by atoms with Crippen LogP contribution < -0.4 is 20.3 Å². The molecule has 0 bridgehead atoms. The van der Waals surface area contributed by atoms with Crippen molar-refractivity contribution in [3.63, 3.8) is 0 Å². The number of carbonyl (C=O) groups is 1. The third-order valence-electron chi connectivity index (χ3n) is 5.31. The molecule has 8 heteroatoms. The molecule has 0 aliphatic heterocycles. The predicted molar refractivity (Wildman–Crippen MR) is 129 cm³/mol. The van der Waals surface area contributed by atoms with E-state index >= 15 is 0 Å². The minimum absolute atomic E-state index is 0.225. The molecule has 0 radical (unpaired) electrons. The number of fused-ring (bicyclic) bond motifs is 1. The van der Waals surface area contributed by atoms with Crippen molar-refractivity contribution in [1.29, 1.82) is 0 Å². The smallest absolute Gasteiger partial charge is 0.260 e. The lowest BCUT2D eigenvalue weighted by Gasteiger charge is -2.12. The Morgan fingerprint density at radius 1 is 1.06 bits per heavy atom. The number of hydrogen-bond acceptors (Lipinski definition) is 5. The van der Waals surface area contributed by atoms with Crippen LogP contribution in [0.3, 0.4) is 0 Å². The molecule has 4 aromatic rings. The monoisotopic (exact) mass is 463 g/mol. The molecule has 0 atom stereocenters. The lowest BCUT2D eigenvalue weighted by molar-refractivity contribution is 0.102. The Balaban J connectivity index is 1.65. The summed E-state index contributed by atoms with van der Waals surface area (Å²) in [5.41, 5.74) is 2.60. The molecule has 0 saturated carbocycles. The average Bonchev–Trinajstić information content (AvgIpc) is 2.81. The first kappa shape index (κ1) is 22.4. The maximum Gasteiger partial charge on any atom is 0.260 e. The van der Waals surface area contributed by atoms with Gasteiger partial charge in [0.2, 0.25) is 0 Å². The molecule has 0 aliphatic carbocycles. The standard InChI is InChI=1S/C25H22ClN3O4/c1-15-19(24(30)28-17-6-9-23(33-3)21(26)12-17)13-20-22(27-15)10-11-29(25(20)31)14-16-4-7-18(32-2)8-5-16/h4-13H,14H2,1-3H3,(H,28,30). The Bertz CT molecular complexity index is 1400. The minimum Gasteiger partial charge on any atom is -0.497 e. The van der Waals surface area contributed by atoms with Gasteiger partial charge >= 0.3 is 0 Å². The van der Waals surface area contributed by atoms with Gasteiger partial charge in [-0.1, -0.05) is 23.7 Å².